The van der Waals surface area contributed by atoms with E-state index in [1.165, 1.54) is 5.56 Å². The largest absolute Gasteiger partial charge is 0.324 e. The summed E-state index contributed by atoms with van der Waals surface area (Å²) in [5, 5.41) is 3.21. The van der Waals surface area contributed by atoms with Crippen molar-refractivity contribution in [2.75, 3.05) is 16.8 Å². The molecule has 2 aromatic carbocycles. The smallest absolute Gasteiger partial charge is 0.261 e. The average Bonchev–Trinajstić information content (AvgIpc) is 2.67. The third-order valence-corrected chi connectivity index (χ3v) is 4.62. The molecule has 3 rings (SSSR count). The van der Waals surface area contributed by atoms with E-state index < -0.39 is 0 Å². The summed E-state index contributed by atoms with van der Waals surface area (Å²) in [6.07, 6.45) is 3.14. The van der Waals surface area contributed by atoms with Gasteiger partial charge in [-0.3, -0.25) is 4.79 Å². The van der Waals surface area contributed by atoms with Crippen LogP contribution in [0.4, 0.5) is 17.3 Å². The number of aryl methyl sites for hydroxylation is 2. The zero-order valence-corrected chi connectivity index (χ0v) is 16.2. The number of carbonyl (C=O) groups is 1. The maximum Gasteiger partial charge on any atom is 0.261 e. The number of amides is 1. The fourth-order valence-electron chi connectivity index (χ4n) is 2.91. The highest BCUT2D eigenvalue weighted by Crippen LogP contribution is 2.21. The van der Waals surface area contributed by atoms with Crippen molar-refractivity contribution in [2.45, 2.75) is 27.7 Å². The lowest BCUT2D eigenvalue weighted by atomic mass is 10.1. The number of rotatable bonds is 5. The van der Waals surface area contributed by atoms with Crippen molar-refractivity contribution in [3.63, 3.8) is 0 Å². The van der Waals surface area contributed by atoms with Crippen LogP contribution in [-0.2, 0) is 0 Å². The summed E-state index contributed by atoms with van der Waals surface area (Å²) in [6.45, 7) is 8.66. The van der Waals surface area contributed by atoms with Crippen LogP contribution in [0.15, 0.2) is 54.9 Å². The second kappa shape index (κ2) is 7.99. The minimum absolute atomic E-state index is 0.110. The number of hydrogen-bond acceptors (Lipinski definition) is 4. The topological polar surface area (TPSA) is 58.1 Å². The normalized spacial score (nSPS) is 10.5. The van der Waals surface area contributed by atoms with E-state index in [1.807, 2.05) is 50.2 Å². The minimum atomic E-state index is -0.110. The highest BCUT2D eigenvalue weighted by atomic mass is 16.2. The Morgan fingerprint density at radius 3 is 2.41 bits per heavy atom. The van der Waals surface area contributed by atoms with Gasteiger partial charge in [0.25, 0.3) is 5.91 Å². The molecular weight excluding hydrogens is 336 g/mol. The van der Waals surface area contributed by atoms with Crippen LogP contribution >= 0.6 is 0 Å². The van der Waals surface area contributed by atoms with Crippen LogP contribution in [0.3, 0.4) is 0 Å². The van der Waals surface area contributed by atoms with Crippen molar-refractivity contribution in [2.24, 2.45) is 0 Å². The second-order valence-electron chi connectivity index (χ2n) is 6.56. The van der Waals surface area contributed by atoms with Crippen molar-refractivity contribution in [3.8, 4) is 0 Å². The van der Waals surface area contributed by atoms with Gasteiger partial charge in [-0.2, -0.15) is 0 Å². The Kier molecular flexibility index (Phi) is 5.50. The molecule has 0 aliphatic carbocycles. The quantitative estimate of drug-likeness (QED) is 0.709. The Morgan fingerprint density at radius 1 is 1.04 bits per heavy atom. The summed E-state index contributed by atoms with van der Waals surface area (Å²) in [4.78, 5) is 23.3. The first kappa shape index (κ1) is 18.6. The fourth-order valence-corrected chi connectivity index (χ4v) is 2.91. The zero-order chi connectivity index (χ0) is 19.4. The Bertz CT molecular complexity index is 951. The first-order valence-corrected chi connectivity index (χ1v) is 9.03. The number of hydrogen-bond donors (Lipinski definition) is 1. The van der Waals surface area contributed by atoms with Crippen molar-refractivity contribution in [1.82, 2.24) is 9.97 Å². The maximum absolute atomic E-state index is 12.9. The van der Waals surface area contributed by atoms with Gasteiger partial charge in [-0.15, -0.1) is 0 Å². The van der Waals surface area contributed by atoms with E-state index in [0.29, 0.717) is 18.1 Å². The summed E-state index contributed by atoms with van der Waals surface area (Å²) in [7, 11) is 0. The molecule has 0 aliphatic rings. The van der Waals surface area contributed by atoms with Gasteiger partial charge in [-0.1, -0.05) is 24.3 Å². The van der Waals surface area contributed by atoms with Crippen molar-refractivity contribution in [3.05, 3.63) is 77.1 Å². The minimum Gasteiger partial charge on any atom is -0.324 e. The van der Waals surface area contributed by atoms with E-state index in [-0.39, 0.29) is 5.91 Å². The third-order valence-electron chi connectivity index (χ3n) is 4.62. The van der Waals surface area contributed by atoms with Gasteiger partial charge in [0.1, 0.15) is 0 Å². The molecule has 1 amide bonds. The fraction of sp³-hybridized carbons (Fsp3) is 0.227. The van der Waals surface area contributed by atoms with Crippen molar-refractivity contribution in [1.29, 1.82) is 0 Å². The maximum atomic E-state index is 12.9. The SMILES string of the molecule is CCN(C(=O)c1cnc(Nc2cccc(C)c2C)nc1)c1cccc(C)c1. The molecule has 27 heavy (non-hydrogen) atoms. The molecular formula is C22H24N4O. The van der Waals surface area contributed by atoms with Gasteiger partial charge in [0, 0.05) is 30.3 Å². The van der Waals surface area contributed by atoms with Gasteiger partial charge >= 0.3 is 0 Å². The number of aromatic nitrogens is 2. The number of anilines is 3. The van der Waals surface area contributed by atoms with Gasteiger partial charge in [0.05, 0.1) is 5.56 Å². The van der Waals surface area contributed by atoms with E-state index in [4.69, 9.17) is 0 Å². The third kappa shape index (κ3) is 4.14. The number of nitrogens with zero attached hydrogens (tertiary/aromatic N) is 3. The molecule has 138 valence electrons. The lowest BCUT2D eigenvalue weighted by molar-refractivity contribution is 0.0987. The monoisotopic (exact) mass is 360 g/mol. The summed E-state index contributed by atoms with van der Waals surface area (Å²) < 4.78 is 0. The predicted octanol–water partition coefficient (Wildman–Crippen LogP) is 4.81. The average molecular weight is 360 g/mol. The molecule has 1 N–H and O–H groups in total. The van der Waals surface area contributed by atoms with E-state index in [0.717, 1.165) is 22.5 Å². The molecule has 0 aliphatic heterocycles. The van der Waals surface area contributed by atoms with Gasteiger partial charge in [0.15, 0.2) is 0 Å². The van der Waals surface area contributed by atoms with E-state index >= 15 is 0 Å². The van der Waals surface area contributed by atoms with Crippen LogP contribution in [0.2, 0.25) is 0 Å². The molecule has 5 nitrogen and oxygen atoms in total. The number of benzene rings is 2. The van der Waals surface area contributed by atoms with Crippen LogP contribution in [-0.4, -0.2) is 22.4 Å². The molecule has 0 spiro atoms. The zero-order valence-electron chi connectivity index (χ0n) is 16.2. The van der Waals surface area contributed by atoms with Crippen LogP contribution in [0.5, 0.6) is 0 Å². The first-order chi connectivity index (χ1) is 13.0. The molecule has 0 atom stereocenters. The van der Waals surface area contributed by atoms with Gasteiger partial charge in [-0.05, 0) is 62.6 Å². The molecule has 0 bridgehead atoms. The van der Waals surface area contributed by atoms with Crippen LogP contribution in [0.1, 0.15) is 34.0 Å². The predicted molar refractivity (Wildman–Crippen MR) is 110 cm³/mol. The summed E-state index contributed by atoms with van der Waals surface area (Å²) >= 11 is 0. The van der Waals surface area contributed by atoms with E-state index in [9.17, 15) is 4.79 Å². The standard InChI is InChI=1S/C22H24N4O/c1-5-26(19-10-6-8-15(2)12-19)21(27)18-13-23-22(24-14-18)25-20-11-7-9-16(3)17(20)4/h6-14H,5H2,1-4H3,(H,23,24,25). The Labute approximate surface area is 160 Å². The van der Waals surface area contributed by atoms with E-state index in [2.05, 4.69) is 35.2 Å². The number of carbonyl (C=O) groups excluding carboxylic acids is 1. The van der Waals surface area contributed by atoms with Crippen LogP contribution in [0.25, 0.3) is 0 Å². The Balaban J connectivity index is 1.79. The van der Waals surface area contributed by atoms with Crippen LogP contribution < -0.4 is 10.2 Å². The summed E-state index contributed by atoms with van der Waals surface area (Å²) in [5.41, 5.74) is 5.76. The Morgan fingerprint density at radius 2 is 1.74 bits per heavy atom. The van der Waals surface area contributed by atoms with Crippen molar-refractivity contribution < 1.29 is 4.79 Å². The first-order valence-electron chi connectivity index (χ1n) is 9.03. The highest BCUT2D eigenvalue weighted by molar-refractivity contribution is 6.05. The van der Waals surface area contributed by atoms with Gasteiger partial charge in [0.2, 0.25) is 5.95 Å². The van der Waals surface area contributed by atoms with Gasteiger partial charge in [-0.25, -0.2) is 9.97 Å². The van der Waals surface area contributed by atoms with Crippen molar-refractivity contribution >= 4 is 23.2 Å². The molecule has 0 unspecified atom stereocenters. The highest BCUT2D eigenvalue weighted by Gasteiger charge is 2.17. The molecule has 5 heteroatoms. The molecule has 1 heterocycles. The lowest BCUT2D eigenvalue weighted by Gasteiger charge is -2.21. The molecule has 0 saturated heterocycles. The summed E-state index contributed by atoms with van der Waals surface area (Å²) in [5.74, 6) is 0.361. The van der Waals surface area contributed by atoms with Gasteiger partial charge < -0.3 is 10.2 Å². The van der Waals surface area contributed by atoms with E-state index in [1.54, 1.807) is 17.3 Å². The molecule has 0 saturated carbocycles. The second-order valence-corrected chi connectivity index (χ2v) is 6.56. The molecule has 0 radical (unpaired) electrons. The lowest BCUT2D eigenvalue weighted by Crippen LogP contribution is -2.30. The molecule has 3 aromatic rings. The number of nitrogens with one attached hydrogen (secondary N) is 1. The summed E-state index contributed by atoms with van der Waals surface area (Å²) in [6, 6.07) is 13.9. The molecule has 0 fully saturated rings. The Hall–Kier alpha value is -3.21. The van der Waals surface area contributed by atoms with Crippen LogP contribution in [0, 0.1) is 20.8 Å². The molecule has 1 aromatic heterocycles.